The van der Waals surface area contributed by atoms with Crippen LogP contribution in [0.5, 0.6) is 0 Å². The summed E-state index contributed by atoms with van der Waals surface area (Å²) in [4.78, 5) is 2.32. The van der Waals surface area contributed by atoms with Crippen LogP contribution in [0, 0.1) is 0 Å². The summed E-state index contributed by atoms with van der Waals surface area (Å²) in [6.07, 6.45) is 2.12. The molecule has 1 saturated heterocycles. The molecule has 0 saturated carbocycles. The summed E-state index contributed by atoms with van der Waals surface area (Å²) < 4.78 is 4.93. The minimum atomic E-state index is -0.352. The molecule has 1 aliphatic heterocycles. The fourth-order valence-electron chi connectivity index (χ4n) is 2.22. The van der Waals surface area contributed by atoms with E-state index in [2.05, 4.69) is 17.1 Å². The number of piperidine rings is 1. The van der Waals surface area contributed by atoms with E-state index < -0.39 is 0 Å². The number of β-amino-alcohol motifs (C(OH)–C–C–N with tert-alkyl or cyclic N) is 1. The van der Waals surface area contributed by atoms with Gasteiger partial charge in [0, 0.05) is 26.2 Å². The maximum atomic E-state index is 9.63. The first-order chi connectivity index (χ1) is 7.26. The van der Waals surface area contributed by atoms with Gasteiger partial charge in [-0.15, -0.1) is 0 Å². The van der Waals surface area contributed by atoms with Gasteiger partial charge in [0.1, 0.15) is 0 Å². The molecule has 0 bridgehead atoms. The smallest absolute Gasteiger partial charge is 0.0900 e. The molecule has 0 radical (unpaired) electrons. The number of nitrogens with one attached hydrogen (secondary N) is 1. The van der Waals surface area contributed by atoms with Crippen LogP contribution < -0.4 is 5.32 Å². The van der Waals surface area contributed by atoms with E-state index in [9.17, 15) is 5.11 Å². The van der Waals surface area contributed by atoms with Crippen LogP contribution in [0.1, 0.15) is 19.8 Å². The molecular formula is C11H24N2O2. The van der Waals surface area contributed by atoms with Crippen molar-refractivity contribution in [2.75, 3.05) is 39.9 Å². The monoisotopic (exact) mass is 216 g/mol. The highest BCUT2D eigenvalue weighted by Crippen LogP contribution is 2.10. The number of ether oxygens (including phenoxy) is 1. The van der Waals surface area contributed by atoms with Crippen LogP contribution in [-0.4, -0.2) is 62.0 Å². The summed E-state index contributed by atoms with van der Waals surface area (Å²) >= 11 is 0. The maximum absolute atomic E-state index is 9.63. The molecule has 2 unspecified atom stereocenters. The Bertz CT molecular complexity index is 163. The number of aliphatic hydroxyl groups is 1. The first-order valence-electron chi connectivity index (χ1n) is 5.89. The first kappa shape index (κ1) is 12.9. The van der Waals surface area contributed by atoms with Crippen molar-refractivity contribution in [3.8, 4) is 0 Å². The zero-order valence-corrected chi connectivity index (χ0v) is 9.91. The van der Waals surface area contributed by atoms with Crippen molar-refractivity contribution in [3.05, 3.63) is 0 Å². The number of hydrogen-bond acceptors (Lipinski definition) is 4. The number of hydrogen-bond donors (Lipinski definition) is 2. The number of likely N-dealkylation sites (N-methyl/N-ethyl adjacent to an activating group) is 1. The van der Waals surface area contributed by atoms with E-state index in [0.29, 0.717) is 12.6 Å². The highest BCUT2D eigenvalue weighted by atomic mass is 16.5. The average molecular weight is 216 g/mol. The van der Waals surface area contributed by atoms with Crippen molar-refractivity contribution < 1.29 is 9.84 Å². The number of aliphatic hydroxyl groups excluding tert-OH is 1. The Hall–Kier alpha value is -0.160. The molecule has 0 aromatic heterocycles. The maximum Gasteiger partial charge on any atom is 0.0900 e. The van der Waals surface area contributed by atoms with E-state index in [1.165, 1.54) is 12.8 Å². The quantitative estimate of drug-likeness (QED) is 0.659. The minimum Gasteiger partial charge on any atom is -0.389 e. The van der Waals surface area contributed by atoms with Gasteiger partial charge in [-0.25, -0.2) is 0 Å². The van der Waals surface area contributed by atoms with E-state index in [-0.39, 0.29) is 6.10 Å². The molecule has 2 N–H and O–H groups in total. The van der Waals surface area contributed by atoms with Gasteiger partial charge in [0.2, 0.25) is 0 Å². The Labute approximate surface area is 92.6 Å². The summed E-state index contributed by atoms with van der Waals surface area (Å²) in [5, 5.41) is 13.1. The van der Waals surface area contributed by atoms with Crippen LogP contribution in [0.4, 0.5) is 0 Å². The topological polar surface area (TPSA) is 44.7 Å². The molecule has 1 rings (SSSR count). The first-order valence-corrected chi connectivity index (χ1v) is 5.89. The van der Waals surface area contributed by atoms with Crippen molar-refractivity contribution in [3.63, 3.8) is 0 Å². The van der Waals surface area contributed by atoms with E-state index in [4.69, 9.17) is 4.74 Å². The van der Waals surface area contributed by atoms with Crippen molar-refractivity contribution in [2.24, 2.45) is 0 Å². The summed E-state index contributed by atoms with van der Waals surface area (Å²) in [6, 6.07) is 0.596. The predicted molar refractivity (Wildman–Crippen MR) is 61.0 cm³/mol. The van der Waals surface area contributed by atoms with Crippen LogP contribution in [0.3, 0.4) is 0 Å². The molecule has 0 aromatic carbocycles. The van der Waals surface area contributed by atoms with Gasteiger partial charge >= 0.3 is 0 Å². The Morgan fingerprint density at radius 1 is 1.60 bits per heavy atom. The molecule has 0 spiro atoms. The third-order valence-electron chi connectivity index (χ3n) is 2.83. The summed E-state index contributed by atoms with van der Waals surface area (Å²) in [5.74, 6) is 0. The number of likely N-dealkylation sites (tertiary alicyclic amines) is 1. The standard InChI is InChI=1S/C11H24N2O2/c1-3-12-10-5-4-6-13(7-10)8-11(14)9-15-2/h10-12,14H,3-9H2,1-2H3. The zero-order chi connectivity index (χ0) is 11.1. The van der Waals surface area contributed by atoms with Crippen LogP contribution in [0.25, 0.3) is 0 Å². The van der Waals surface area contributed by atoms with E-state index in [0.717, 1.165) is 26.2 Å². The van der Waals surface area contributed by atoms with Crippen molar-refractivity contribution >= 4 is 0 Å². The molecule has 0 aromatic rings. The summed E-state index contributed by atoms with van der Waals surface area (Å²) in [6.45, 7) is 6.48. The molecule has 15 heavy (non-hydrogen) atoms. The summed E-state index contributed by atoms with van der Waals surface area (Å²) in [7, 11) is 1.63. The summed E-state index contributed by atoms with van der Waals surface area (Å²) in [5.41, 5.74) is 0. The van der Waals surface area contributed by atoms with Crippen LogP contribution in [-0.2, 0) is 4.74 Å². The second-order valence-corrected chi connectivity index (χ2v) is 4.27. The van der Waals surface area contributed by atoms with Gasteiger partial charge in [-0.05, 0) is 25.9 Å². The van der Waals surface area contributed by atoms with Crippen molar-refractivity contribution in [1.29, 1.82) is 0 Å². The van der Waals surface area contributed by atoms with E-state index in [1.807, 2.05) is 0 Å². The Morgan fingerprint density at radius 2 is 2.40 bits per heavy atom. The van der Waals surface area contributed by atoms with Crippen LogP contribution >= 0.6 is 0 Å². The van der Waals surface area contributed by atoms with Gasteiger partial charge in [0.15, 0.2) is 0 Å². The van der Waals surface area contributed by atoms with Gasteiger partial charge < -0.3 is 15.2 Å². The van der Waals surface area contributed by atoms with Crippen molar-refractivity contribution in [2.45, 2.75) is 31.9 Å². The van der Waals surface area contributed by atoms with Gasteiger partial charge in [-0.3, -0.25) is 4.90 Å². The SMILES string of the molecule is CCNC1CCCN(CC(O)COC)C1. The lowest BCUT2D eigenvalue weighted by Crippen LogP contribution is -2.48. The molecule has 0 aliphatic carbocycles. The Morgan fingerprint density at radius 3 is 3.07 bits per heavy atom. The third-order valence-corrected chi connectivity index (χ3v) is 2.83. The van der Waals surface area contributed by atoms with E-state index >= 15 is 0 Å². The van der Waals surface area contributed by atoms with E-state index in [1.54, 1.807) is 7.11 Å². The minimum absolute atomic E-state index is 0.352. The number of rotatable bonds is 6. The molecule has 4 heteroatoms. The lowest BCUT2D eigenvalue weighted by atomic mass is 10.1. The number of methoxy groups -OCH3 is 1. The molecule has 1 aliphatic rings. The molecule has 1 fully saturated rings. The largest absolute Gasteiger partial charge is 0.389 e. The van der Waals surface area contributed by atoms with Gasteiger partial charge in [0.25, 0.3) is 0 Å². The lowest BCUT2D eigenvalue weighted by Gasteiger charge is -2.34. The lowest BCUT2D eigenvalue weighted by molar-refractivity contribution is 0.0300. The Kier molecular flexibility index (Phi) is 6.17. The molecule has 2 atom stereocenters. The zero-order valence-electron chi connectivity index (χ0n) is 9.91. The second-order valence-electron chi connectivity index (χ2n) is 4.27. The average Bonchev–Trinajstić information content (AvgIpc) is 2.19. The normalized spacial score (nSPS) is 25.4. The van der Waals surface area contributed by atoms with Gasteiger partial charge in [-0.2, -0.15) is 0 Å². The van der Waals surface area contributed by atoms with Gasteiger partial charge in [0.05, 0.1) is 12.7 Å². The highest BCUT2D eigenvalue weighted by Gasteiger charge is 2.20. The van der Waals surface area contributed by atoms with Crippen LogP contribution in [0.15, 0.2) is 0 Å². The molecule has 0 amide bonds. The molecule has 90 valence electrons. The predicted octanol–water partition coefficient (Wildman–Crippen LogP) is 0.0676. The third kappa shape index (κ3) is 4.93. The molecule has 4 nitrogen and oxygen atoms in total. The Balaban J connectivity index is 2.23. The molecular weight excluding hydrogens is 192 g/mol. The number of nitrogens with zero attached hydrogens (tertiary/aromatic N) is 1. The second kappa shape index (κ2) is 7.17. The van der Waals surface area contributed by atoms with Crippen LogP contribution in [0.2, 0.25) is 0 Å². The van der Waals surface area contributed by atoms with Gasteiger partial charge in [-0.1, -0.05) is 6.92 Å². The molecule has 1 heterocycles. The fraction of sp³-hybridized carbons (Fsp3) is 1.00. The highest BCUT2D eigenvalue weighted by molar-refractivity contribution is 4.79. The van der Waals surface area contributed by atoms with Crippen molar-refractivity contribution in [1.82, 2.24) is 10.2 Å². The fourth-order valence-corrected chi connectivity index (χ4v) is 2.22.